The number of hydrogen-bond donors (Lipinski definition) is 3. The number of nitrogens with zero attached hydrogens (tertiary/aromatic N) is 3. The van der Waals surface area contributed by atoms with Gasteiger partial charge in [-0.3, -0.25) is 28.9 Å². The van der Waals surface area contributed by atoms with Crippen molar-refractivity contribution < 1.29 is 43.0 Å². The van der Waals surface area contributed by atoms with Crippen molar-refractivity contribution in [2.75, 3.05) is 27.7 Å². The van der Waals surface area contributed by atoms with Gasteiger partial charge in [0.1, 0.15) is 42.4 Å². The van der Waals surface area contributed by atoms with Crippen molar-refractivity contribution in [2.45, 2.75) is 124 Å². The molecule has 0 aromatic heterocycles. The number of carbonyl (C=O) groups is 7. The highest BCUT2D eigenvalue weighted by atomic mass is 16.6. The van der Waals surface area contributed by atoms with E-state index in [4.69, 9.17) is 9.47 Å². The number of alkyl carbamates (subject to hydrolysis) is 1. The fraction of sp³-hybridized carbons (Fsp3) is 0.658. The van der Waals surface area contributed by atoms with E-state index in [0.717, 1.165) is 4.90 Å². The number of likely N-dealkylation sites (N-methyl/N-ethyl adjacent to an activating group) is 3. The lowest BCUT2D eigenvalue weighted by Crippen LogP contribution is -2.62. The van der Waals surface area contributed by atoms with Crippen LogP contribution in [-0.4, -0.2) is 120 Å². The van der Waals surface area contributed by atoms with Gasteiger partial charge in [0.05, 0.1) is 6.54 Å². The fourth-order valence-corrected chi connectivity index (χ4v) is 5.28. The van der Waals surface area contributed by atoms with Gasteiger partial charge in [-0.2, -0.15) is 0 Å². The minimum Gasteiger partial charge on any atom is -0.459 e. The number of imide groups is 1. The van der Waals surface area contributed by atoms with Crippen LogP contribution in [0.4, 0.5) is 4.79 Å². The lowest BCUT2D eigenvalue weighted by Gasteiger charge is -2.36. The van der Waals surface area contributed by atoms with Gasteiger partial charge in [0.2, 0.25) is 17.7 Å². The van der Waals surface area contributed by atoms with Gasteiger partial charge in [-0.1, -0.05) is 65.0 Å². The van der Waals surface area contributed by atoms with Crippen molar-refractivity contribution in [1.29, 1.82) is 0 Å². The van der Waals surface area contributed by atoms with E-state index < -0.39 is 77.4 Å². The summed E-state index contributed by atoms with van der Waals surface area (Å²) in [6.45, 7) is 16.5. The Morgan fingerprint density at radius 2 is 1.38 bits per heavy atom. The van der Waals surface area contributed by atoms with Gasteiger partial charge >= 0.3 is 12.1 Å². The second-order valence-corrected chi connectivity index (χ2v) is 15.0. The van der Waals surface area contributed by atoms with E-state index in [2.05, 4.69) is 16.0 Å². The van der Waals surface area contributed by atoms with Gasteiger partial charge in [0, 0.05) is 14.1 Å². The molecule has 0 aliphatic carbocycles. The first kappa shape index (κ1) is 46.5. The van der Waals surface area contributed by atoms with Crippen LogP contribution in [0, 0.1) is 11.8 Å². The summed E-state index contributed by atoms with van der Waals surface area (Å²) in [5.74, 6) is -4.56. The van der Waals surface area contributed by atoms with Gasteiger partial charge in [0.15, 0.2) is 0 Å². The zero-order valence-corrected chi connectivity index (χ0v) is 33.8. The molecule has 1 aromatic carbocycles. The Morgan fingerprint density at radius 1 is 0.792 bits per heavy atom. The second kappa shape index (κ2) is 21.2. The van der Waals surface area contributed by atoms with Crippen LogP contribution in [0.3, 0.4) is 0 Å². The van der Waals surface area contributed by atoms with Crippen LogP contribution >= 0.6 is 0 Å². The first-order chi connectivity index (χ1) is 24.6. The number of hydrogen-bond acceptors (Lipinski definition) is 10. The number of ether oxygens (including phenoxy) is 2. The van der Waals surface area contributed by atoms with Crippen LogP contribution in [0.5, 0.6) is 0 Å². The molecule has 6 amide bonds. The Labute approximate surface area is 314 Å². The van der Waals surface area contributed by atoms with Gasteiger partial charge in [-0.15, -0.1) is 0 Å². The molecule has 1 unspecified atom stereocenters. The standard InChI is InChI=1S/C38H62N6O9/c1-14-28(40-37(51)53-38(8,9)10)34(48)44(26(7)36(50)52-22-27-18-16-15-17-19-27)33(47)25(6)42(12)35(49)31(24(4)5)41-32(46)29(20-23(2)3)43(13)30(45)21-39-11/h15-19,23-26,28-29,31,39H,14,20-22H2,1-13H3,(H,40,51)(H,41,46)/t25-,26-,28?,29-,31-/m0/s1. The zero-order valence-electron chi connectivity index (χ0n) is 33.8. The summed E-state index contributed by atoms with van der Waals surface area (Å²) in [5.41, 5.74) is -0.189. The fourth-order valence-electron chi connectivity index (χ4n) is 5.28. The molecule has 5 atom stereocenters. The molecule has 15 nitrogen and oxygen atoms in total. The molecule has 15 heteroatoms. The minimum atomic E-state index is -1.46. The van der Waals surface area contributed by atoms with Gasteiger partial charge in [-0.05, 0) is 71.9 Å². The monoisotopic (exact) mass is 746 g/mol. The third-order valence-corrected chi connectivity index (χ3v) is 8.53. The molecular weight excluding hydrogens is 684 g/mol. The molecular formula is C38H62N6O9. The second-order valence-electron chi connectivity index (χ2n) is 15.0. The van der Waals surface area contributed by atoms with Crippen LogP contribution in [0.1, 0.15) is 87.6 Å². The number of benzene rings is 1. The van der Waals surface area contributed by atoms with Crippen LogP contribution in [0.15, 0.2) is 30.3 Å². The smallest absolute Gasteiger partial charge is 0.408 e. The van der Waals surface area contributed by atoms with Gasteiger partial charge in [-0.25, -0.2) is 9.59 Å². The van der Waals surface area contributed by atoms with Gasteiger partial charge in [0.25, 0.3) is 11.8 Å². The molecule has 3 N–H and O–H groups in total. The lowest BCUT2D eigenvalue weighted by atomic mass is 9.98. The molecule has 0 radical (unpaired) electrons. The summed E-state index contributed by atoms with van der Waals surface area (Å²) in [7, 11) is 4.51. The molecule has 1 rings (SSSR count). The summed E-state index contributed by atoms with van der Waals surface area (Å²) >= 11 is 0. The molecule has 53 heavy (non-hydrogen) atoms. The molecule has 0 spiro atoms. The zero-order chi connectivity index (χ0) is 40.8. The average molecular weight is 747 g/mol. The van der Waals surface area contributed by atoms with E-state index in [1.165, 1.54) is 32.8 Å². The summed E-state index contributed by atoms with van der Waals surface area (Å²) in [5, 5.41) is 8.07. The highest BCUT2D eigenvalue weighted by Gasteiger charge is 2.42. The third-order valence-electron chi connectivity index (χ3n) is 8.53. The highest BCUT2D eigenvalue weighted by Crippen LogP contribution is 2.18. The predicted octanol–water partition coefficient (Wildman–Crippen LogP) is 2.86. The van der Waals surface area contributed by atoms with E-state index in [0.29, 0.717) is 16.9 Å². The number of carbonyl (C=O) groups excluding carboxylic acids is 7. The van der Waals surface area contributed by atoms with Crippen LogP contribution in [-0.2, 0) is 44.8 Å². The molecule has 0 aliphatic rings. The Morgan fingerprint density at radius 3 is 1.87 bits per heavy atom. The lowest BCUT2D eigenvalue weighted by molar-refractivity contribution is -0.164. The number of rotatable bonds is 18. The summed E-state index contributed by atoms with van der Waals surface area (Å²) < 4.78 is 10.8. The third kappa shape index (κ3) is 14.4. The molecule has 0 bridgehead atoms. The van der Waals surface area contributed by atoms with Crippen LogP contribution < -0.4 is 16.0 Å². The maximum absolute atomic E-state index is 14.3. The molecule has 0 aliphatic heterocycles. The molecule has 0 heterocycles. The number of nitrogens with one attached hydrogen (secondary N) is 3. The van der Waals surface area contributed by atoms with Crippen molar-refractivity contribution in [1.82, 2.24) is 30.7 Å². The molecule has 298 valence electrons. The maximum atomic E-state index is 14.3. The van der Waals surface area contributed by atoms with E-state index in [1.54, 1.807) is 78.9 Å². The molecule has 1 aromatic rings. The quantitative estimate of drug-likeness (QED) is 0.189. The van der Waals surface area contributed by atoms with E-state index in [-0.39, 0.29) is 31.4 Å². The van der Waals surface area contributed by atoms with Crippen molar-refractivity contribution in [3.8, 4) is 0 Å². The number of amides is 6. The van der Waals surface area contributed by atoms with Crippen molar-refractivity contribution in [3.63, 3.8) is 0 Å². The Hall–Kier alpha value is -4.53. The molecule has 0 fully saturated rings. The van der Waals surface area contributed by atoms with E-state index in [9.17, 15) is 33.6 Å². The maximum Gasteiger partial charge on any atom is 0.408 e. The van der Waals surface area contributed by atoms with Gasteiger partial charge < -0.3 is 35.2 Å². The molecule has 0 saturated carbocycles. The Bertz CT molecular complexity index is 1410. The van der Waals surface area contributed by atoms with E-state index in [1.807, 2.05) is 13.8 Å². The number of esters is 1. The topological polar surface area (TPSA) is 184 Å². The minimum absolute atomic E-state index is 0.0207. The first-order valence-electron chi connectivity index (χ1n) is 18.1. The summed E-state index contributed by atoms with van der Waals surface area (Å²) in [6.07, 6.45) is -0.511. The summed E-state index contributed by atoms with van der Waals surface area (Å²) in [4.78, 5) is 98.0. The SMILES string of the molecule is CCC(NC(=O)OC(C)(C)C)C(=O)N(C(=O)[C@H](C)N(C)C(=O)[C@@H](NC(=O)[C@H](CC(C)C)N(C)C(=O)CNC)C(C)C)[C@@H](C)C(=O)OCc1ccccc1. The van der Waals surface area contributed by atoms with E-state index >= 15 is 0 Å². The molecule has 0 saturated heterocycles. The van der Waals surface area contributed by atoms with Crippen molar-refractivity contribution >= 4 is 41.6 Å². The normalized spacial score (nSPS) is 14.2. The Kier molecular flexibility index (Phi) is 18.6. The average Bonchev–Trinajstić information content (AvgIpc) is 3.08. The summed E-state index contributed by atoms with van der Waals surface area (Å²) in [6, 6.07) is 2.82. The largest absolute Gasteiger partial charge is 0.459 e. The highest BCUT2D eigenvalue weighted by molar-refractivity contribution is 6.05. The Balaban J connectivity index is 3.46. The predicted molar refractivity (Wildman–Crippen MR) is 200 cm³/mol. The van der Waals surface area contributed by atoms with Crippen molar-refractivity contribution in [3.05, 3.63) is 35.9 Å². The van der Waals surface area contributed by atoms with Crippen LogP contribution in [0.2, 0.25) is 0 Å². The first-order valence-corrected chi connectivity index (χ1v) is 18.1. The van der Waals surface area contributed by atoms with Crippen LogP contribution in [0.25, 0.3) is 0 Å². The van der Waals surface area contributed by atoms with Crippen molar-refractivity contribution in [2.24, 2.45) is 11.8 Å².